The van der Waals surface area contributed by atoms with Crippen molar-refractivity contribution in [1.29, 1.82) is 0 Å². The highest BCUT2D eigenvalue weighted by atomic mass is 33.1. The average molecular weight is 565 g/mol. The Balaban J connectivity index is 1.82. The van der Waals surface area contributed by atoms with Crippen molar-refractivity contribution in [3.63, 3.8) is 0 Å². The van der Waals surface area contributed by atoms with Crippen molar-refractivity contribution in [2.45, 2.75) is 60.3 Å². The van der Waals surface area contributed by atoms with Gasteiger partial charge in [0.2, 0.25) is 11.6 Å². The standard InChI is InChI=1S/C18H32N2O14S2/c21-9-1-33-17(31,13(25)11(9)23)5-19-7(15(27)28)3-35-36-4-8(16(29)30)20-6-18(32)14(26)12(24)10(22)2-34-18/h7-14,19-26,31-32H,1-6H2,(H,27,28)(H,29,30)/t7-,8-,9+,10+,11+,12+,13-,14-,17+,18+/m0/s1. The van der Waals surface area contributed by atoms with Crippen molar-refractivity contribution >= 4 is 33.5 Å². The van der Waals surface area contributed by atoms with E-state index in [4.69, 9.17) is 9.47 Å². The monoisotopic (exact) mass is 564 g/mol. The highest BCUT2D eigenvalue weighted by Crippen LogP contribution is 2.27. The number of carboxylic acids is 2. The Morgan fingerprint density at radius 3 is 1.39 bits per heavy atom. The Kier molecular flexibility index (Phi) is 11.6. The third kappa shape index (κ3) is 7.84. The zero-order valence-electron chi connectivity index (χ0n) is 18.8. The molecule has 16 nitrogen and oxygen atoms in total. The summed E-state index contributed by atoms with van der Waals surface area (Å²) in [5, 5.41) is 103. The van der Waals surface area contributed by atoms with E-state index < -0.39 is 98.5 Å². The summed E-state index contributed by atoms with van der Waals surface area (Å²) in [7, 11) is 1.93. The molecule has 36 heavy (non-hydrogen) atoms. The van der Waals surface area contributed by atoms with Gasteiger partial charge in [-0.2, -0.15) is 0 Å². The second-order valence-corrected chi connectivity index (χ2v) is 11.0. The van der Waals surface area contributed by atoms with E-state index in [-0.39, 0.29) is 11.5 Å². The van der Waals surface area contributed by atoms with Crippen LogP contribution in [0.25, 0.3) is 0 Å². The topological polar surface area (TPSA) is 279 Å². The van der Waals surface area contributed by atoms with Gasteiger partial charge in [-0.05, 0) is 0 Å². The van der Waals surface area contributed by atoms with Crippen LogP contribution in [0, 0.1) is 0 Å². The minimum atomic E-state index is -2.35. The summed E-state index contributed by atoms with van der Waals surface area (Å²) in [6, 6.07) is -2.55. The first-order valence-electron chi connectivity index (χ1n) is 10.7. The Morgan fingerprint density at radius 1 is 0.750 bits per heavy atom. The molecule has 2 heterocycles. The van der Waals surface area contributed by atoms with Crippen molar-refractivity contribution < 1.29 is 70.1 Å². The van der Waals surface area contributed by atoms with Crippen LogP contribution in [0.1, 0.15) is 0 Å². The summed E-state index contributed by atoms with van der Waals surface area (Å²) in [4.78, 5) is 23.1. The molecule has 0 saturated carbocycles. The normalized spacial score (nSPS) is 38.9. The number of carboxylic acid groups (broad SMARTS) is 2. The molecule has 12 N–H and O–H groups in total. The summed E-state index contributed by atoms with van der Waals surface area (Å²) in [6.45, 7) is -2.17. The van der Waals surface area contributed by atoms with E-state index in [0.29, 0.717) is 0 Å². The second-order valence-electron chi connectivity index (χ2n) is 8.43. The first kappa shape index (κ1) is 31.4. The van der Waals surface area contributed by atoms with E-state index in [1.807, 2.05) is 0 Å². The lowest BCUT2D eigenvalue weighted by atomic mass is 9.96. The molecule has 0 aromatic carbocycles. The third-order valence-electron chi connectivity index (χ3n) is 5.72. The van der Waals surface area contributed by atoms with E-state index >= 15 is 0 Å². The average Bonchev–Trinajstić information content (AvgIpc) is 2.82. The molecule has 2 rings (SSSR count). The van der Waals surface area contributed by atoms with Crippen molar-refractivity contribution in [2.75, 3.05) is 37.8 Å². The molecule has 2 aliphatic heterocycles. The maximum Gasteiger partial charge on any atom is 0.321 e. The first-order valence-corrected chi connectivity index (χ1v) is 13.2. The van der Waals surface area contributed by atoms with Crippen LogP contribution >= 0.6 is 21.6 Å². The largest absolute Gasteiger partial charge is 0.480 e. The summed E-state index contributed by atoms with van der Waals surface area (Å²) >= 11 is 0. The molecule has 0 aliphatic carbocycles. The molecule has 0 aromatic rings. The van der Waals surface area contributed by atoms with E-state index in [1.54, 1.807) is 0 Å². The van der Waals surface area contributed by atoms with Gasteiger partial charge in [0.15, 0.2) is 0 Å². The Hall–Kier alpha value is -0.840. The van der Waals surface area contributed by atoms with Gasteiger partial charge < -0.3 is 60.5 Å². The van der Waals surface area contributed by atoms with Gasteiger partial charge in [0.05, 0.1) is 26.3 Å². The molecule has 2 aliphatic rings. The van der Waals surface area contributed by atoms with Crippen LogP contribution in [0.15, 0.2) is 0 Å². The lowest BCUT2D eigenvalue weighted by Crippen LogP contribution is -2.65. The number of aliphatic carboxylic acids is 2. The zero-order valence-corrected chi connectivity index (χ0v) is 20.4. The number of aliphatic hydroxyl groups is 8. The number of carbonyl (C=O) groups is 2. The fourth-order valence-corrected chi connectivity index (χ4v) is 5.68. The Morgan fingerprint density at radius 2 is 1.08 bits per heavy atom. The lowest BCUT2D eigenvalue weighted by molar-refractivity contribution is -0.318. The lowest BCUT2D eigenvalue weighted by Gasteiger charge is -2.42. The van der Waals surface area contributed by atoms with Gasteiger partial charge in [-0.3, -0.25) is 20.2 Å². The minimum Gasteiger partial charge on any atom is -0.480 e. The van der Waals surface area contributed by atoms with E-state index in [9.17, 15) is 60.7 Å². The Labute approximate surface area is 212 Å². The van der Waals surface area contributed by atoms with Crippen molar-refractivity contribution in [2.24, 2.45) is 0 Å². The molecule has 2 fully saturated rings. The molecule has 0 spiro atoms. The smallest absolute Gasteiger partial charge is 0.321 e. The van der Waals surface area contributed by atoms with E-state index in [0.717, 1.165) is 21.6 Å². The molecule has 0 unspecified atom stereocenters. The fourth-order valence-electron chi connectivity index (χ4n) is 3.30. The van der Waals surface area contributed by atoms with E-state index in [1.165, 1.54) is 0 Å². The quantitative estimate of drug-likeness (QED) is 0.0732. The number of aliphatic hydroxyl groups excluding tert-OH is 6. The van der Waals surface area contributed by atoms with Gasteiger partial charge in [-0.1, -0.05) is 21.6 Å². The maximum atomic E-state index is 11.5. The van der Waals surface area contributed by atoms with Crippen LogP contribution in [0.2, 0.25) is 0 Å². The first-order chi connectivity index (χ1) is 16.7. The fraction of sp³-hybridized carbons (Fsp3) is 0.889. The van der Waals surface area contributed by atoms with Crippen molar-refractivity contribution in [3.8, 4) is 0 Å². The van der Waals surface area contributed by atoms with Crippen LogP contribution in [-0.2, 0) is 19.1 Å². The van der Waals surface area contributed by atoms with Crippen molar-refractivity contribution in [1.82, 2.24) is 10.6 Å². The van der Waals surface area contributed by atoms with E-state index in [2.05, 4.69) is 10.6 Å². The molecular formula is C18H32N2O14S2. The van der Waals surface area contributed by atoms with Gasteiger partial charge >= 0.3 is 11.9 Å². The molecule has 18 heteroatoms. The van der Waals surface area contributed by atoms with Crippen LogP contribution in [0.5, 0.6) is 0 Å². The van der Waals surface area contributed by atoms with Crippen LogP contribution in [0.3, 0.4) is 0 Å². The molecule has 0 amide bonds. The molecule has 0 radical (unpaired) electrons. The van der Waals surface area contributed by atoms with Gasteiger partial charge in [0, 0.05) is 11.5 Å². The number of ether oxygens (including phenoxy) is 2. The highest BCUT2D eigenvalue weighted by Gasteiger charge is 2.49. The number of hydrogen-bond acceptors (Lipinski definition) is 16. The summed E-state index contributed by atoms with van der Waals surface area (Å²) < 4.78 is 9.91. The SMILES string of the molecule is O=C(O)[C@H](CSSC[C@H](NC[C@@]1(O)OC[C@@H](O)[C@@H](O)[C@@H]1O)C(=O)O)NC[C@@]1(O)OC[C@@H](O)[C@@H](O)[C@@H]1O. The van der Waals surface area contributed by atoms with Crippen molar-refractivity contribution in [3.05, 3.63) is 0 Å². The molecule has 210 valence electrons. The van der Waals surface area contributed by atoms with Crippen LogP contribution in [-0.4, -0.2) is 161 Å². The van der Waals surface area contributed by atoms with Crippen LogP contribution < -0.4 is 10.6 Å². The third-order valence-corrected chi connectivity index (χ3v) is 8.14. The van der Waals surface area contributed by atoms with Gasteiger partial charge in [0.1, 0.15) is 48.7 Å². The maximum absolute atomic E-state index is 11.5. The van der Waals surface area contributed by atoms with Crippen LogP contribution in [0.4, 0.5) is 0 Å². The molecule has 0 aromatic heterocycles. The minimum absolute atomic E-state index is 0.125. The second kappa shape index (κ2) is 13.3. The molecular weight excluding hydrogens is 532 g/mol. The molecule has 0 bridgehead atoms. The number of rotatable bonds is 13. The number of nitrogens with one attached hydrogen (secondary N) is 2. The summed E-state index contributed by atoms with van der Waals surface area (Å²) in [6.07, 6.45) is -10.1. The predicted octanol–water partition coefficient (Wildman–Crippen LogP) is -5.94. The van der Waals surface area contributed by atoms with Gasteiger partial charge in [-0.25, -0.2) is 0 Å². The summed E-state index contributed by atoms with van der Waals surface area (Å²) in [5.74, 6) is -7.59. The Bertz CT molecular complexity index is 695. The van der Waals surface area contributed by atoms with Gasteiger partial charge in [0.25, 0.3) is 0 Å². The zero-order chi connectivity index (χ0) is 27.3. The molecule has 2 saturated heterocycles. The number of hydrogen-bond donors (Lipinski definition) is 12. The molecule has 10 atom stereocenters. The highest BCUT2D eigenvalue weighted by molar-refractivity contribution is 8.76. The summed E-state index contributed by atoms with van der Waals surface area (Å²) in [5.41, 5.74) is 0. The van der Waals surface area contributed by atoms with Gasteiger partial charge in [-0.15, -0.1) is 0 Å². The predicted molar refractivity (Wildman–Crippen MR) is 122 cm³/mol.